The second-order valence-electron chi connectivity index (χ2n) is 5.31. The smallest absolute Gasteiger partial charge is 0.225 e. The number of carbonyl (C=O) groups is 1. The van der Waals surface area contributed by atoms with Gasteiger partial charge in [0.25, 0.3) is 0 Å². The van der Waals surface area contributed by atoms with Crippen molar-refractivity contribution >= 4 is 5.91 Å². The van der Waals surface area contributed by atoms with Crippen LogP contribution in [-0.2, 0) is 4.79 Å². The number of likely N-dealkylation sites (tertiary alicyclic amines) is 1. The summed E-state index contributed by atoms with van der Waals surface area (Å²) in [4.78, 5) is 13.3. The predicted octanol–water partition coefficient (Wildman–Crippen LogP) is 0.889. The molecule has 0 saturated carbocycles. The predicted molar refractivity (Wildman–Crippen MR) is 58.1 cm³/mol. The van der Waals surface area contributed by atoms with E-state index in [9.17, 15) is 10.1 Å². The number of nitrogens with zero attached hydrogens (tertiary/aromatic N) is 2. The van der Waals surface area contributed by atoms with Crippen LogP contribution in [0.2, 0.25) is 0 Å². The molecule has 1 unspecified atom stereocenters. The minimum Gasteiger partial charge on any atom is -0.346 e. The molecular formula is C11H19N3O. The average Bonchev–Trinajstić information content (AvgIpc) is 2.09. The van der Waals surface area contributed by atoms with Crippen molar-refractivity contribution in [3.05, 3.63) is 0 Å². The third-order valence-electron chi connectivity index (χ3n) is 2.58. The number of amides is 1. The standard InChI is InChI=1S/C11H19N3O/c1-10(2,3)13-11(8-12)5-6-14(4)9(15)7-11/h13H,5-7H2,1-4H3. The summed E-state index contributed by atoms with van der Waals surface area (Å²) in [5, 5.41) is 12.5. The van der Waals surface area contributed by atoms with Crippen molar-refractivity contribution in [2.24, 2.45) is 0 Å². The average molecular weight is 209 g/mol. The number of hydrogen-bond acceptors (Lipinski definition) is 3. The van der Waals surface area contributed by atoms with E-state index in [1.54, 1.807) is 11.9 Å². The summed E-state index contributed by atoms with van der Waals surface area (Å²) in [6.45, 7) is 6.67. The first-order valence-corrected chi connectivity index (χ1v) is 5.23. The first-order chi connectivity index (χ1) is 6.78. The van der Waals surface area contributed by atoms with Crippen molar-refractivity contribution < 1.29 is 4.79 Å². The molecule has 1 atom stereocenters. The summed E-state index contributed by atoms with van der Waals surface area (Å²) in [7, 11) is 1.78. The Kier molecular flexibility index (Phi) is 3.05. The molecule has 0 spiro atoms. The lowest BCUT2D eigenvalue weighted by Gasteiger charge is -2.40. The molecule has 0 aromatic heterocycles. The molecule has 4 nitrogen and oxygen atoms in total. The van der Waals surface area contributed by atoms with Gasteiger partial charge < -0.3 is 4.90 Å². The summed E-state index contributed by atoms with van der Waals surface area (Å²) < 4.78 is 0. The van der Waals surface area contributed by atoms with Crippen molar-refractivity contribution in [1.82, 2.24) is 10.2 Å². The minimum absolute atomic E-state index is 0.0413. The molecule has 1 fully saturated rings. The highest BCUT2D eigenvalue weighted by Crippen LogP contribution is 2.24. The molecule has 1 rings (SSSR count). The van der Waals surface area contributed by atoms with Crippen molar-refractivity contribution in [2.45, 2.75) is 44.7 Å². The fourth-order valence-electron chi connectivity index (χ4n) is 1.91. The van der Waals surface area contributed by atoms with E-state index in [1.807, 2.05) is 20.8 Å². The SMILES string of the molecule is CN1CCC(C#N)(NC(C)(C)C)CC1=O. The Balaban J connectivity index is 2.80. The Labute approximate surface area is 91.2 Å². The molecule has 1 N–H and O–H groups in total. The molecule has 4 heteroatoms. The molecule has 84 valence electrons. The Hall–Kier alpha value is -1.08. The van der Waals surface area contributed by atoms with E-state index >= 15 is 0 Å². The molecule has 1 heterocycles. The molecule has 1 aliphatic heterocycles. The molecule has 0 bridgehead atoms. The van der Waals surface area contributed by atoms with Crippen molar-refractivity contribution in [3.63, 3.8) is 0 Å². The van der Waals surface area contributed by atoms with Crippen LogP contribution in [0.1, 0.15) is 33.6 Å². The van der Waals surface area contributed by atoms with Gasteiger partial charge in [0.1, 0.15) is 5.54 Å². The van der Waals surface area contributed by atoms with Crippen LogP contribution in [0.5, 0.6) is 0 Å². The normalized spacial score (nSPS) is 27.7. The van der Waals surface area contributed by atoms with Gasteiger partial charge in [-0.15, -0.1) is 0 Å². The largest absolute Gasteiger partial charge is 0.346 e. The lowest BCUT2D eigenvalue weighted by molar-refractivity contribution is -0.133. The van der Waals surface area contributed by atoms with Gasteiger partial charge in [-0.1, -0.05) is 0 Å². The number of carbonyl (C=O) groups excluding carboxylic acids is 1. The number of hydrogen-bond donors (Lipinski definition) is 1. The van der Waals surface area contributed by atoms with E-state index in [0.717, 1.165) is 0 Å². The van der Waals surface area contributed by atoms with E-state index < -0.39 is 5.54 Å². The lowest BCUT2D eigenvalue weighted by Crippen LogP contribution is -2.59. The molecule has 1 amide bonds. The molecule has 1 aliphatic rings. The second-order valence-corrected chi connectivity index (χ2v) is 5.31. The topological polar surface area (TPSA) is 56.1 Å². The van der Waals surface area contributed by atoms with E-state index in [0.29, 0.717) is 13.0 Å². The summed E-state index contributed by atoms with van der Waals surface area (Å²) >= 11 is 0. The highest BCUT2D eigenvalue weighted by molar-refractivity contribution is 5.78. The van der Waals surface area contributed by atoms with Gasteiger partial charge in [-0.2, -0.15) is 5.26 Å². The molecule has 0 aliphatic carbocycles. The van der Waals surface area contributed by atoms with E-state index in [4.69, 9.17) is 0 Å². The number of piperidine rings is 1. The first kappa shape index (κ1) is 12.0. The van der Waals surface area contributed by atoms with Gasteiger partial charge in [0.05, 0.1) is 12.5 Å². The summed E-state index contributed by atoms with van der Waals surface area (Å²) in [6, 6.07) is 2.27. The molecular weight excluding hydrogens is 190 g/mol. The summed E-state index contributed by atoms with van der Waals surface area (Å²) in [5.41, 5.74) is -0.826. The minimum atomic E-state index is -0.679. The van der Waals surface area contributed by atoms with E-state index in [1.165, 1.54) is 0 Å². The molecule has 0 aromatic carbocycles. The van der Waals surface area contributed by atoms with E-state index in [2.05, 4.69) is 11.4 Å². The zero-order valence-electron chi connectivity index (χ0n) is 9.92. The Morgan fingerprint density at radius 2 is 2.13 bits per heavy atom. The maximum absolute atomic E-state index is 11.6. The summed E-state index contributed by atoms with van der Waals surface area (Å²) in [5.74, 6) is 0.0413. The summed E-state index contributed by atoms with van der Waals surface area (Å²) in [6.07, 6.45) is 0.972. The molecule has 1 saturated heterocycles. The van der Waals surface area contributed by atoms with Crippen LogP contribution in [-0.4, -0.2) is 35.5 Å². The zero-order valence-corrected chi connectivity index (χ0v) is 9.92. The Morgan fingerprint density at radius 1 is 1.53 bits per heavy atom. The Morgan fingerprint density at radius 3 is 2.53 bits per heavy atom. The Bertz CT molecular complexity index is 300. The monoisotopic (exact) mass is 209 g/mol. The second kappa shape index (κ2) is 3.82. The van der Waals surface area contributed by atoms with Gasteiger partial charge in [-0.3, -0.25) is 10.1 Å². The molecule has 15 heavy (non-hydrogen) atoms. The molecule has 0 radical (unpaired) electrons. The van der Waals surface area contributed by atoms with Crippen LogP contribution in [0.15, 0.2) is 0 Å². The first-order valence-electron chi connectivity index (χ1n) is 5.23. The third kappa shape index (κ3) is 2.93. The third-order valence-corrected chi connectivity index (χ3v) is 2.58. The maximum Gasteiger partial charge on any atom is 0.225 e. The molecule has 0 aromatic rings. The zero-order chi connectivity index (χ0) is 11.7. The quantitative estimate of drug-likeness (QED) is 0.697. The van der Waals surface area contributed by atoms with Gasteiger partial charge in [0.15, 0.2) is 0 Å². The van der Waals surface area contributed by atoms with Gasteiger partial charge in [-0.25, -0.2) is 0 Å². The number of nitrogens with one attached hydrogen (secondary N) is 1. The lowest BCUT2D eigenvalue weighted by atomic mass is 9.86. The fourth-order valence-corrected chi connectivity index (χ4v) is 1.91. The van der Waals surface area contributed by atoms with Crippen molar-refractivity contribution in [3.8, 4) is 6.07 Å². The van der Waals surface area contributed by atoms with Gasteiger partial charge in [0.2, 0.25) is 5.91 Å². The highest BCUT2D eigenvalue weighted by atomic mass is 16.2. The van der Waals surface area contributed by atoms with Crippen LogP contribution >= 0.6 is 0 Å². The van der Waals surface area contributed by atoms with E-state index in [-0.39, 0.29) is 17.9 Å². The van der Waals surface area contributed by atoms with Crippen molar-refractivity contribution in [2.75, 3.05) is 13.6 Å². The van der Waals surface area contributed by atoms with Crippen LogP contribution in [0.3, 0.4) is 0 Å². The van der Waals surface area contributed by atoms with Crippen LogP contribution in [0.25, 0.3) is 0 Å². The highest BCUT2D eigenvalue weighted by Gasteiger charge is 2.40. The fraction of sp³-hybridized carbons (Fsp3) is 0.818. The van der Waals surface area contributed by atoms with Gasteiger partial charge in [0, 0.05) is 19.1 Å². The van der Waals surface area contributed by atoms with Gasteiger partial charge in [-0.05, 0) is 27.2 Å². The number of nitriles is 1. The van der Waals surface area contributed by atoms with Crippen LogP contribution in [0, 0.1) is 11.3 Å². The van der Waals surface area contributed by atoms with Crippen LogP contribution in [0.4, 0.5) is 0 Å². The maximum atomic E-state index is 11.6. The van der Waals surface area contributed by atoms with Gasteiger partial charge >= 0.3 is 0 Å². The van der Waals surface area contributed by atoms with Crippen molar-refractivity contribution in [1.29, 1.82) is 5.26 Å². The van der Waals surface area contributed by atoms with Crippen LogP contribution < -0.4 is 5.32 Å². The number of rotatable bonds is 1.